The molecule has 1 saturated carbocycles. The van der Waals surface area contributed by atoms with Gasteiger partial charge < -0.3 is 10.4 Å². The Hall–Kier alpha value is -0.660. The second kappa shape index (κ2) is 6.41. The Bertz CT molecular complexity index is 451. The Morgan fingerprint density at radius 3 is 2.65 bits per heavy atom. The molecule has 1 saturated heterocycles. The van der Waals surface area contributed by atoms with Crippen molar-refractivity contribution in [2.24, 2.45) is 5.92 Å². The van der Waals surface area contributed by atoms with Crippen LogP contribution in [0.3, 0.4) is 0 Å². The molecule has 20 heavy (non-hydrogen) atoms. The number of rotatable bonds is 4. The zero-order valence-corrected chi connectivity index (χ0v) is 12.7. The number of hydrogen-bond acceptors (Lipinski definition) is 4. The van der Waals surface area contributed by atoms with Gasteiger partial charge >= 0.3 is 0 Å². The number of hydrogen-bond donors (Lipinski definition) is 2. The highest BCUT2D eigenvalue weighted by atomic mass is 32.2. The van der Waals surface area contributed by atoms with Gasteiger partial charge in [-0.05, 0) is 38.0 Å². The molecule has 1 amide bonds. The molecule has 2 N–H and O–H groups in total. The first-order valence-corrected chi connectivity index (χ1v) is 9.15. The molecule has 0 radical (unpaired) electrons. The van der Waals surface area contributed by atoms with Gasteiger partial charge in [-0.15, -0.1) is 0 Å². The molecule has 1 heterocycles. The van der Waals surface area contributed by atoms with E-state index in [1.807, 2.05) is 0 Å². The smallest absolute Gasteiger partial charge is 0.238 e. The van der Waals surface area contributed by atoms with Crippen molar-refractivity contribution in [2.45, 2.75) is 50.7 Å². The zero-order valence-electron chi connectivity index (χ0n) is 11.9. The normalized spacial score (nSPS) is 32.2. The lowest BCUT2D eigenvalue weighted by Crippen LogP contribution is -2.52. The highest BCUT2D eigenvalue weighted by Crippen LogP contribution is 2.25. The maximum atomic E-state index is 12.2. The van der Waals surface area contributed by atoms with Crippen LogP contribution >= 0.6 is 0 Å². The number of sulfonamides is 1. The van der Waals surface area contributed by atoms with E-state index in [2.05, 4.69) is 5.32 Å². The molecule has 3 atom stereocenters. The first-order chi connectivity index (χ1) is 9.38. The molecule has 0 bridgehead atoms. The van der Waals surface area contributed by atoms with Crippen LogP contribution in [-0.2, 0) is 14.8 Å². The van der Waals surface area contributed by atoms with Crippen molar-refractivity contribution in [1.29, 1.82) is 0 Å². The van der Waals surface area contributed by atoms with E-state index in [0.29, 0.717) is 25.4 Å². The molecule has 1 aliphatic carbocycles. The summed E-state index contributed by atoms with van der Waals surface area (Å²) in [6.45, 7) is 0.961. The van der Waals surface area contributed by atoms with Gasteiger partial charge in [-0.1, -0.05) is 6.42 Å². The molecule has 3 unspecified atom stereocenters. The Balaban J connectivity index is 1.89. The molecule has 0 aromatic heterocycles. The van der Waals surface area contributed by atoms with E-state index in [1.165, 1.54) is 4.31 Å². The fourth-order valence-corrected chi connectivity index (χ4v) is 4.28. The molecule has 7 heteroatoms. The first-order valence-electron chi connectivity index (χ1n) is 7.30. The molecule has 0 aromatic rings. The number of nitrogens with one attached hydrogen (secondary N) is 1. The van der Waals surface area contributed by atoms with Gasteiger partial charge in [0, 0.05) is 13.1 Å². The number of carbonyl (C=O) groups is 1. The predicted octanol–water partition coefficient (Wildman–Crippen LogP) is 0.0777. The monoisotopic (exact) mass is 304 g/mol. The second-order valence-corrected chi connectivity index (χ2v) is 7.90. The SMILES string of the molecule is CS(=O)(=O)N1CCCCC1C(=O)NCC1CCC(O)C1. The number of aliphatic hydroxyl groups is 1. The van der Waals surface area contributed by atoms with E-state index < -0.39 is 16.1 Å². The van der Waals surface area contributed by atoms with Crippen LogP contribution in [-0.4, -0.2) is 55.2 Å². The van der Waals surface area contributed by atoms with Crippen LogP contribution in [0, 0.1) is 5.92 Å². The summed E-state index contributed by atoms with van der Waals surface area (Å²) in [7, 11) is -3.33. The lowest BCUT2D eigenvalue weighted by molar-refractivity contribution is -0.125. The lowest BCUT2D eigenvalue weighted by Gasteiger charge is -2.32. The number of amides is 1. The Kier molecular flexibility index (Phi) is 5.04. The molecule has 6 nitrogen and oxygen atoms in total. The average molecular weight is 304 g/mol. The minimum atomic E-state index is -3.33. The van der Waals surface area contributed by atoms with Crippen LogP contribution in [0.25, 0.3) is 0 Å². The molecule has 2 rings (SSSR count). The van der Waals surface area contributed by atoms with E-state index in [0.717, 1.165) is 38.4 Å². The van der Waals surface area contributed by atoms with Crippen molar-refractivity contribution in [2.75, 3.05) is 19.3 Å². The number of piperidine rings is 1. The van der Waals surface area contributed by atoms with Crippen LogP contribution in [0.5, 0.6) is 0 Å². The summed E-state index contributed by atoms with van der Waals surface area (Å²) >= 11 is 0. The van der Waals surface area contributed by atoms with Crippen LogP contribution in [0.2, 0.25) is 0 Å². The van der Waals surface area contributed by atoms with Gasteiger partial charge in [0.2, 0.25) is 15.9 Å². The summed E-state index contributed by atoms with van der Waals surface area (Å²) in [5, 5.41) is 12.3. The average Bonchev–Trinajstić information content (AvgIpc) is 2.81. The van der Waals surface area contributed by atoms with Crippen molar-refractivity contribution in [1.82, 2.24) is 9.62 Å². The molecule has 116 valence electrons. The van der Waals surface area contributed by atoms with Crippen LogP contribution in [0.1, 0.15) is 38.5 Å². The van der Waals surface area contributed by atoms with Crippen molar-refractivity contribution in [3.05, 3.63) is 0 Å². The highest BCUT2D eigenvalue weighted by Gasteiger charge is 2.34. The predicted molar refractivity (Wildman–Crippen MR) is 75.5 cm³/mol. The number of aliphatic hydroxyl groups excluding tert-OH is 1. The largest absolute Gasteiger partial charge is 0.393 e. The topological polar surface area (TPSA) is 86.7 Å². The summed E-state index contributed by atoms with van der Waals surface area (Å²) in [5.74, 6) is 0.112. The van der Waals surface area contributed by atoms with Crippen LogP contribution < -0.4 is 5.32 Å². The van der Waals surface area contributed by atoms with E-state index in [1.54, 1.807) is 0 Å². The van der Waals surface area contributed by atoms with Gasteiger partial charge in [-0.2, -0.15) is 4.31 Å². The van der Waals surface area contributed by atoms with Gasteiger partial charge in [0.1, 0.15) is 6.04 Å². The van der Waals surface area contributed by atoms with E-state index in [-0.39, 0.29) is 12.0 Å². The molecule has 0 aromatic carbocycles. The van der Waals surface area contributed by atoms with Crippen molar-refractivity contribution < 1.29 is 18.3 Å². The third kappa shape index (κ3) is 3.93. The van der Waals surface area contributed by atoms with Gasteiger partial charge in [0.05, 0.1) is 12.4 Å². The van der Waals surface area contributed by atoms with Gasteiger partial charge in [-0.25, -0.2) is 8.42 Å². The molecule has 2 aliphatic rings. The molecule has 0 spiro atoms. The standard InChI is InChI=1S/C13H24N2O4S/c1-20(18,19)15-7-3-2-4-12(15)13(17)14-9-10-5-6-11(16)8-10/h10-12,16H,2-9H2,1H3,(H,14,17). The maximum absolute atomic E-state index is 12.2. The van der Waals surface area contributed by atoms with Crippen molar-refractivity contribution in [3.8, 4) is 0 Å². The van der Waals surface area contributed by atoms with Crippen LogP contribution in [0.4, 0.5) is 0 Å². The van der Waals surface area contributed by atoms with Gasteiger partial charge in [-0.3, -0.25) is 4.79 Å². The van der Waals surface area contributed by atoms with Crippen molar-refractivity contribution >= 4 is 15.9 Å². The number of carbonyl (C=O) groups excluding carboxylic acids is 1. The minimum Gasteiger partial charge on any atom is -0.393 e. The van der Waals surface area contributed by atoms with Gasteiger partial charge in [0.15, 0.2) is 0 Å². The molecule has 2 fully saturated rings. The fraction of sp³-hybridized carbons (Fsp3) is 0.923. The first kappa shape index (κ1) is 15.7. The maximum Gasteiger partial charge on any atom is 0.238 e. The van der Waals surface area contributed by atoms with E-state index in [9.17, 15) is 18.3 Å². The minimum absolute atomic E-state index is 0.198. The van der Waals surface area contributed by atoms with Crippen molar-refractivity contribution in [3.63, 3.8) is 0 Å². The summed E-state index contributed by atoms with van der Waals surface area (Å²) in [6, 6.07) is -0.565. The Labute approximate surface area is 120 Å². The summed E-state index contributed by atoms with van der Waals surface area (Å²) < 4.78 is 24.7. The van der Waals surface area contributed by atoms with E-state index in [4.69, 9.17) is 0 Å². The summed E-state index contributed by atoms with van der Waals surface area (Å²) in [5.41, 5.74) is 0. The van der Waals surface area contributed by atoms with E-state index >= 15 is 0 Å². The summed E-state index contributed by atoms with van der Waals surface area (Å²) in [6.07, 6.45) is 5.62. The quantitative estimate of drug-likeness (QED) is 0.770. The fourth-order valence-electron chi connectivity index (χ4n) is 3.16. The highest BCUT2D eigenvalue weighted by molar-refractivity contribution is 7.88. The second-order valence-electron chi connectivity index (χ2n) is 5.96. The Morgan fingerprint density at radius 1 is 1.30 bits per heavy atom. The third-order valence-electron chi connectivity index (χ3n) is 4.26. The Morgan fingerprint density at radius 2 is 2.05 bits per heavy atom. The molecular formula is C13H24N2O4S. The zero-order chi connectivity index (χ0) is 14.8. The third-order valence-corrected chi connectivity index (χ3v) is 5.55. The molecule has 1 aliphatic heterocycles. The lowest BCUT2D eigenvalue weighted by atomic mass is 10.0. The number of nitrogens with zero attached hydrogens (tertiary/aromatic N) is 1. The summed E-state index contributed by atoms with van der Waals surface area (Å²) in [4.78, 5) is 12.2. The van der Waals surface area contributed by atoms with Crippen LogP contribution in [0.15, 0.2) is 0 Å². The van der Waals surface area contributed by atoms with Gasteiger partial charge in [0.25, 0.3) is 0 Å². The molecular weight excluding hydrogens is 280 g/mol.